The van der Waals surface area contributed by atoms with Crippen LogP contribution in [0.4, 0.5) is 0 Å². The zero-order chi connectivity index (χ0) is 23.1. The summed E-state index contributed by atoms with van der Waals surface area (Å²) >= 11 is 18.7. The second-order valence-electron chi connectivity index (χ2n) is 8.29. The topological polar surface area (TPSA) is 49.4 Å². The van der Waals surface area contributed by atoms with Crippen LogP contribution in [0.1, 0.15) is 56.6 Å². The second-order valence-corrected chi connectivity index (χ2v) is 9.54. The van der Waals surface area contributed by atoms with E-state index >= 15 is 0 Å². The molecule has 0 heterocycles. The fraction of sp³-hybridized carbons (Fsp3) is 0.440. The lowest BCUT2D eigenvalue weighted by atomic mass is 9.95. The largest absolute Gasteiger partial charge is 0.352 e. The van der Waals surface area contributed by atoms with Crippen LogP contribution in [0, 0.1) is 0 Å². The molecule has 7 heteroatoms. The molecule has 32 heavy (non-hydrogen) atoms. The van der Waals surface area contributed by atoms with E-state index in [9.17, 15) is 9.59 Å². The van der Waals surface area contributed by atoms with Crippen molar-refractivity contribution >= 4 is 46.6 Å². The number of amides is 2. The Balaban J connectivity index is 1.84. The molecule has 0 aliphatic heterocycles. The average molecular weight is 496 g/mol. The molecule has 0 saturated heterocycles. The van der Waals surface area contributed by atoms with Gasteiger partial charge in [0.2, 0.25) is 11.8 Å². The van der Waals surface area contributed by atoms with E-state index in [0.717, 1.165) is 31.2 Å². The van der Waals surface area contributed by atoms with Crippen molar-refractivity contribution in [2.45, 2.75) is 70.5 Å². The summed E-state index contributed by atoms with van der Waals surface area (Å²) in [6.45, 7) is 2.17. The molecule has 172 valence electrons. The van der Waals surface area contributed by atoms with Crippen molar-refractivity contribution in [3.63, 3.8) is 0 Å². The summed E-state index contributed by atoms with van der Waals surface area (Å²) < 4.78 is 0. The first-order chi connectivity index (χ1) is 15.4. The summed E-state index contributed by atoms with van der Waals surface area (Å²) in [5, 5.41) is 4.69. The van der Waals surface area contributed by atoms with Gasteiger partial charge in [-0.1, -0.05) is 85.3 Å². The predicted molar refractivity (Wildman–Crippen MR) is 131 cm³/mol. The monoisotopic (exact) mass is 494 g/mol. The molecule has 4 nitrogen and oxygen atoms in total. The van der Waals surface area contributed by atoms with Crippen molar-refractivity contribution < 1.29 is 9.59 Å². The number of carbonyl (C=O) groups excluding carboxylic acids is 2. The van der Waals surface area contributed by atoms with E-state index in [-0.39, 0.29) is 30.8 Å². The molecular formula is C25H29Cl3N2O2. The van der Waals surface area contributed by atoms with Crippen molar-refractivity contribution in [2.75, 3.05) is 0 Å². The van der Waals surface area contributed by atoms with E-state index < -0.39 is 6.04 Å². The molecule has 0 bridgehead atoms. The third-order valence-electron chi connectivity index (χ3n) is 5.99. The van der Waals surface area contributed by atoms with Crippen LogP contribution in [-0.2, 0) is 22.6 Å². The summed E-state index contributed by atoms with van der Waals surface area (Å²) in [7, 11) is 0. The Bertz CT molecular complexity index is 945. The third-order valence-corrected chi connectivity index (χ3v) is 6.95. The molecule has 2 amide bonds. The highest BCUT2D eigenvalue weighted by molar-refractivity contribution is 6.35. The number of hydrogen-bond acceptors (Lipinski definition) is 2. The molecule has 3 rings (SSSR count). The quantitative estimate of drug-likeness (QED) is 0.458. The van der Waals surface area contributed by atoms with Crippen molar-refractivity contribution in [1.82, 2.24) is 10.2 Å². The highest BCUT2D eigenvalue weighted by Gasteiger charge is 2.31. The number of benzene rings is 2. The van der Waals surface area contributed by atoms with Crippen LogP contribution in [0.5, 0.6) is 0 Å². The molecule has 0 radical (unpaired) electrons. The summed E-state index contributed by atoms with van der Waals surface area (Å²) in [5.41, 5.74) is 1.47. The van der Waals surface area contributed by atoms with E-state index in [1.807, 2.05) is 25.1 Å². The maximum Gasteiger partial charge on any atom is 0.243 e. The molecule has 0 spiro atoms. The van der Waals surface area contributed by atoms with E-state index in [2.05, 4.69) is 5.32 Å². The maximum absolute atomic E-state index is 13.5. The summed E-state index contributed by atoms with van der Waals surface area (Å²) in [4.78, 5) is 28.3. The zero-order valence-corrected chi connectivity index (χ0v) is 20.5. The smallest absolute Gasteiger partial charge is 0.243 e. The van der Waals surface area contributed by atoms with Crippen LogP contribution in [0.3, 0.4) is 0 Å². The number of hydrogen-bond donors (Lipinski definition) is 1. The lowest BCUT2D eigenvalue weighted by Crippen LogP contribution is -2.52. The molecule has 0 aromatic heterocycles. The lowest BCUT2D eigenvalue weighted by molar-refractivity contribution is -0.141. The molecule has 2 aromatic carbocycles. The molecule has 1 N–H and O–H groups in total. The highest BCUT2D eigenvalue weighted by Crippen LogP contribution is 2.25. The van der Waals surface area contributed by atoms with Crippen LogP contribution in [0.2, 0.25) is 15.1 Å². The van der Waals surface area contributed by atoms with E-state index in [1.54, 1.807) is 29.2 Å². The van der Waals surface area contributed by atoms with Gasteiger partial charge in [0.25, 0.3) is 0 Å². The van der Waals surface area contributed by atoms with Gasteiger partial charge in [-0.05, 0) is 48.6 Å². The van der Waals surface area contributed by atoms with E-state index in [1.165, 1.54) is 6.42 Å². The fourth-order valence-electron chi connectivity index (χ4n) is 4.20. The first-order valence-electron chi connectivity index (χ1n) is 11.2. The molecule has 1 fully saturated rings. The predicted octanol–water partition coefficient (Wildman–Crippen LogP) is 6.45. The minimum atomic E-state index is -0.591. The van der Waals surface area contributed by atoms with Gasteiger partial charge in [0, 0.05) is 27.7 Å². The van der Waals surface area contributed by atoms with Crippen LogP contribution in [0.15, 0.2) is 42.5 Å². The number of halogens is 3. The molecular weight excluding hydrogens is 467 g/mol. The maximum atomic E-state index is 13.5. The minimum absolute atomic E-state index is 0.0770. The lowest BCUT2D eigenvalue weighted by Gasteiger charge is -2.33. The van der Waals surface area contributed by atoms with Gasteiger partial charge in [0.1, 0.15) is 6.04 Å². The Morgan fingerprint density at radius 3 is 2.38 bits per heavy atom. The standard InChI is InChI=1S/C25H29Cl3N2O2/c1-2-23(25(32)29-20-9-4-3-5-10-20)30(16-18-8-6-7-11-21(18)27)24(31)14-17-12-13-19(26)15-22(17)28/h6-8,11-13,15,20,23H,2-5,9-10,14,16H2,1H3,(H,29,32)/t23-/m1/s1. The van der Waals surface area contributed by atoms with Crippen LogP contribution in [0.25, 0.3) is 0 Å². The number of rotatable bonds is 8. The molecule has 2 aromatic rings. The second kappa shape index (κ2) is 11.9. The Morgan fingerprint density at radius 2 is 1.72 bits per heavy atom. The van der Waals surface area contributed by atoms with Crippen LogP contribution in [-0.4, -0.2) is 28.8 Å². The van der Waals surface area contributed by atoms with E-state index in [0.29, 0.717) is 27.1 Å². The third kappa shape index (κ3) is 6.63. The van der Waals surface area contributed by atoms with Crippen molar-refractivity contribution in [2.24, 2.45) is 0 Å². The van der Waals surface area contributed by atoms with Crippen LogP contribution >= 0.6 is 34.8 Å². The van der Waals surface area contributed by atoms with Crippen molar-refractivity contribution in [3.05, 3.63) is 68.7 Å². The minimum Gasteiger partial charge on any atom is -0.352 e. The Labute approximate surface area is 205 Å². The van der Waals surface area contributed by atoms with Gasteiger partial charge in [-0.15, -0.1) is 0 Å². The van der Waals surface area contributed by atoms with Gasteiger partial charge in [-0.3, -0.25) is 9.59 Å². The molecule has 1 atom stereocenters. The van der Waals surface area contributed by atoms with Crippen LogP contribution < -0.4 is 5.32 Å². The Morgan fingerprint density at radius 1 is 1.00 bits per heavy atom. The SMILES string of the molecule is CC[C@H](C(=O)NC1CCCCC1)N(Cc1ccccc1Cl)C(=O)Cc1ccc(Cl)cc1Cl. The summed E-state index contributed by atoms with van der Waals surface area (Å²) in [6.07, 6.45) is 6.01. The molecule has 1 aliphatic rings. The first kappa shape index (κ1) is 24.9. The summed E-state index contributed by atoms with van der Waals surface area (Å²) in [6, 6.07) is 12.1. The van der Waals surface area contributed by atoms with Gasteiger partial charge in [-0.25, -0.2) is 0 Å². The molecule has 1 aliphatic carbocycles. The normalized spacial score (nSPS) is 15.2. The van der Waals surface area contributed by atoms with E-state index in [4.69, 9.17) is 34.8 Å². The van der Waals surface area contributed by atoms with Gasteiger partial charge in [0.15, 0.2) is 0 Å². The van der Waals surface area contributed by atoms with Gasteiger partial charge in [0.05, 0.1) is 6.42 Å². The highest BCUT2D eigenvalue weighted by atomic mass is 35.5. The van der Waals surface area contributed by atoms with Gasteiger partial charge >= 0.3 is 0 Å². The Kier molecular flexibility index (Phi) is 9.27. The van der Waals surface area contributed by atoms with Crippen molar-refractivity contribution in [3.8, 4) is 0 Å². The first-order valence-corrected chi connectivity index (χ1v) is 12.3. The van der Waals surface area contributed by atoms with Gasteiger partial charge in [-0.2, -0.15) is 0 Å². The molecule has 0 unspecified atom stereocenters. The number of nitrogens with zero attached hydrogens (tertiary/aromatic N) is 1. The fourth-order valence-corrected chi connectivity index (χ4v) is 4.87. The van der Waals surface area contributed by atoms with Crippen molar-refractivity contribution in [1.29, 1.82) is 0 Å². The Hall–Kier alpha value is -1.75. The zero-order valence-electron chi connectivity index (χ0n) is 18.3. The summed E-state index contributed by atoms with van der Waals surface area (Å²) in [5.74, 6) is -0.290. The number of carbonyl (C=O) groups is 2. The molecule has 1 saturated carbocycles. The van der Waals surface area contributed by atoms with Gasteiger partial charge < -0.3 is 10.2 Å². The number of nitrogens with one attached hydrogen (secondary N) is 1. The average Bonchev–Trinajstić information content (AvgIpc) is 2.77.